The number of hydrogen-bond acceptors (Lipinski definition) is 3. The minimum absolute atomic E-state index is 0.265. The summed E-state index contributed by atoms with van der Waals surface area (Å²) in [5.41, 5.74) is 5.21. The van der Waals surface area contributed by atoms with Crippen molar-refractivity contribution in [2.75, 3.05) is 5.73 Å². The van der Waals surface area contributed by atoms with Gasteiger partial charge in [-0.1, -0.05) is 11.6 Å². The average Bonchev–Trinajstić information content (AvgIpc) is 1.77. The molecule has 8 heavy (non-hydrogen) atoms. The first-order chi connectivity index (χ1) is 3.80. The summed E-state index contributed by atoms with van der Waals surface area (Å²) in [6.45, 7) is 0. The highest BCUT2D eigenvalue weighted by molar-refractivity contribution is 6.32. The average molecular weight is 129 g/mol. The maximum absolute atomic E-state index is 5.40. The summed E-state index contributed by atoms with van der Waals surface area (Å²) in [6, 6.07) is 0. The van der Waals surface area contributed by atoms with Crippen LogP contribution in [0.2, 0.25) is 5.02 Å². The minimum Gasteiger partial charge on any atom is -0.382 e. The van der Waals surface area contributed by atoms with Gasteiger partial charge in [0, 0.05) is 0 Å². The molecule has 0 spiro atoms. The second-order valence-electron chi connectivity index (χ2n) is 1.18. The molecule has 1 rings (SSSR count). The van der Waals surface area contributed by atoms with Crippen molar-refractivity contribution in [2.45, 2.75) is 0 Å². The molecule has 0 saturated carbocycles. The maximum Gasteiger partial charge on any atom is 0.146 e. The predicted octanol–water partition coefficient (Wildman–Crippen LogP) is 0.512. The van der Waals surface area contributed by atoms with Crippen molar-refractivity contribution in [3.05, 3.63) is 17.5 Å². The summed E-state index contributed by atoms with van der Waals surface area (Å²) in [7, 11) is 0. The summed E-state index contributed by atoms with van der Waals surface area (Å²) in [5, 5.41) is 0.271. The first-order valence-electron chi connectivity index (χ1n) is 1.94. The van der Waals surface area contributed by atoms with Crippen LogP contribution < -0.4 is 5.73 Å². The van der Waals surface area contributed by atoms with E-state index in [2.05, 4.69) is 16.2 Å². The molecule has 0 bridgehead atoms. The normalized spacial score (nSPS) is 9.12. The van der Waals surface area contributed by atoms with E-state index in [0.29, 0.717) is 0 Å². The first kappa shape index (κ1) is 5.31. The van der Waals surface area contributed by atoms with Crippen LogP contribution in [0.15, 0.2) is 6.33 Å². The van der Waals surface area contributed by atoms with Crippen LogP contribution in [-0.4, -0.2) is 9.97 Å². The highest BCUT2D eigenvalue weighted by Crippen LogP contribution is 2.09. The molecule has 0 aromatic carbocycles. The molecule has 0 fully saturated rings. The Kier molecular flexibility index (Phi) is 1.30. The van der Waals surface area contributed by atoms with E-state index < -0.39 is 0 Å². The second kappa shape index (κ2) is 1.96. The fourth-order valence-electron chi connectivity index (χ4n) is 0.291. The molecule has 1 heterocycles. The molecule has 3 nitrogen and oxygen atoms in total. The monoisotopic (exact) mass is 128 g/mol. The van der Waals surface area contributed by atoms with Crippen LogP contribution in [0.3, 0.4) is 0 Å². The third-order valence-electron chi connectivity index (χ3n) is 0.642. The number of nitrogens with zero attached hydrogens (tertiary/aromatic N) is 2. The quantitative estimate of drug-likeness (QED) is 0.554. The Morgan fingerprint density at radius 3 is 2.88 bits per heavy atom. The first-order valence-corrected chi connectivity index (χ1v) is 2.32. The van der Waals surface area contributed by atoms with Crippen LogP contribution in [0.5, 0.6) is 0 Å². The van der Waals surface area contributed by atoms with E-state index in [1.807, 2.05) is 0 Å². The molecule has 4 heteroatoms. The number of nitrogens with two attached hydrogens (primary N) is 1. The molecule has 1 aromatic rings. The van der Waals surface area contributed by atoms with Crippen molar-refractivity contribution in [1.82, 2.24) is 9.97 Å². The maximum atomic E-state index is 5.40. The fourth-order valence-corrected chi connectivity index (χ4v) is 0.388. The summed E-state index contributed by atoms with van der Waals surface area (Å²) in [5.74, 6) is 0.265. The van der Waals surface area contributed by atoms with E-state index in [4.69, 9.17) is 17.3 Å². The van der Waals surface area contributed by atoms with Gasteiger partial charge in [-0.05, 0) is 0 Å². The van der Waals surface area contributed by atoms with E-state index in [0.717, 1.165) is 0 Å². The molecule has 0 aliphatic rings. The van der Waals surface area contributed by atoms with E-state index in [1.165, 1.54) is 6.33 Å². The van der Waals surface area contributed by atoms with Gasteiger partial charge in [0.05, 0.1) is 0 Å². The fraction of sp³-hybridized carbons (Fsp3) is 0. The van der Waals surface area contributed by atoms with Crippen LogP contribution in [-0.2, 0) is 0 Å². The summed E-state index contributed by atoms with van der Waals surface area (Å²) >= 11 is 5.40. The molecular formula is C4H3ClN3. The number of halogens is 1. The molecule has 0 unspecified atom stereocenters. The molecule has 0 amide bonds. The van der Waals surface area contributed by atoms with Crippen LogP contribution in [0.25, 0.3) is 0 Å². The van der Waals surface area contributed by atoms with E-state index >= 15 is 0 Å². The molecule has 1 radical (unpaired) electrons. The molecule has 41 valence electrons. The lowest BCUT2D eigenvalue weighted by Crippen LogP contribution is -1.90. The van der Waals surface area contributed by atoms with E-state index in [1.54, 1.807) is 0 Å². The van der Waals surface area contributed by atoms with Crippen molar-refractivity contribution >= 4 is 17.4 Å². The molecule has 2 N–H and O–H groups in total. The SMILES string of the molecule is Nc1ncn[c]c1Cl. The van der Waals surface area contributed by atoms with Gasteiger partial charge in [-0.15, -0.1) is 0 Å². The molecule has 1 aromatic heterocycles. The van der Waals surface area contributed by atoms with Crippen LogP contribution in [0.4, 0.5) is 5.82 Å². The van der Waals surface area contributed by atoms with Gasteiger partial charge in [0.2, 0.25) is 0 Å². The molecule has 0 aliphatic heterocycles. The Balaban J connectivity index is 3.13. The lowest BCUT2D eigenvalue weighted by molar-refractivity contribution is 1.17. The Hall–Kier alpha value is -0.830. The minimum atomic E-state index is 0.265. The Bertz CT molecular complexity index is 167. The summed E-state index contributed by atoms with van der Waals surface area (Å²) < 4.78 is 0. The third kappa shape index (κ3) is 0.869. The molecular weight excluding hydrogens is 126 g/mol. The van der Waals surface area contributed by atoms with Gasteiger partial charge in [-0.25, -0.2) is 9.97 Å². The highest BCUT2D eigenvalue weighted by atomic mass is 35.5. The van der Waals surface area contributed by atoms with Gasteiger partial charge in [-0.3, -0.25) is 0 Å². The third-order valence-corrected chi connectivity index (χ3v) is 0.920. The predicted molar refractivity (Wildman–Crippen MR) is 30.3 cm³/mol. The van der Waals surface area contributed by atoms with Gasteiger partial charge in [0.1, 0.15) is 23.4 Å². The van der Waals surface area contributed by atoms with Crippen LogP contribution in [0, 0.1) is 6.20 Å². The topological polar surface area (TPSA) is 51.8 Å². The van der Waals surface area contributed by atoms with E-state index in [-0.39, 0.29) is 10.8 Å². The Morgan fingerprint density at radius 2 is 2.50 bits per heavy atom. The van der Waals surface area contributed by atoms with Gasteiger partial charge in [0.15, 0.2) is 0 Å². The van der Waals surface area contributed by atoms with Gasteiger partial charge in [-0.2, -0.15) is 0 Å². The second-order valence-corrected chi connectivity index (χ2v) is 1.56. The number of rotatable bonds is 0. The van der Waals surface area contributed by atoms with Crippen LogP contribution in [0.1, 0.15) is 0 Å². The van der Waals surface area contributed by atoms with Gasteiger partial charge >= 0.3 is 0 Å². The summed E-state index contributed by atoms with van der Waals surface area (Å²) in [4.78, 5) is 7.08. The molecule has 0 saturated heterocycles. The van der Waals surface area contributed by atoms with Crippen molar-refractivity contribution in [1.29, 1.82) is 0 Å². The highest BCUT2D eigenvalue weighted by Gasteiger charge is 1.91. The van der Waals surface area contributed by atoms with Crippen LogP contribution >= 0.6 is 11.6 Å². The zero-order valence-electron chi connectivity index (χ0n) is 3.93. The lowest BCUT2D eigenvalue weighted by Gasteiger charge is -1.88. The molecule has 0 aliphatic carbocycles. The number of anilines is 1. The zero-order valence-corrected chi connectivity index (χ0v) is 4.68. The Morgan fingerprint density at radius 1 is 1.75 bits per heavy atom. The van der Waals surface area contributed by atoms with E-state index in [9.17, 15) is 0 Å². The molecule has 0 atom stereocenters. The lowest BCUT2D eigenvalue weighted by atomic mass is 10.6. The zero-order chi connectivity index (χ0) is 5.98. The van der Waals surface area contributed by atoms with Crippen molar-refractivity contribution in [3.8, 4) is 0 Å². The van der Waals surface area contributed by atoms with Gasteiger partial charge in [0.25, 0.3) is 0 Å². The van der Waals surface area contributed by atoms with Crippen molar-refractivity contribution in [3.63, 3.8) is 0 Å². The standard InChI is InChI=1S/C4H3ClN3/c5-3-1-7-2-8-4(3)6/h2H,(H2,6,7,8). The van der Waals surface area contributed by atoms with Gasteiger partial charge < -0.3 is 5.73 Å². The summed E-state index contributed by atoms with van der Waals surface area (Å²) in [6.07, 6.45) is 3.72. The largest absolute Gasteiger partial charge is 0.382 e. The van der Waals surface area contributed by atoms with Crippen molar-refractivity contribution in [2.24, 2.45) is 0 Å². The Labute approximate surface area is 51.5 Å². The number of nitrogen functional groups attached to an aromatic ring is 1. The number of aromatic nitrogens is 2. The smallest absolute Gasteiger partial charge is 0.146 e. The number of hydrogen-bond donors (Lipinski definition) is 1. The van der Waals surface area contributed by atoms with Crippen molar-refractivity contribution < 1.29 is 0 Å².